The van der Waals surface area contributed by atoms with Crippen LogP contribution < -0.4 is 267 Å². The fourth-order valence-corrected chi connectivity index (χ4v) is 16.5. The van der Waals surface area contributed by atoms with Gasteiger partial charge in [0.2, 0.25) is 29.4 Å². The van der Waals surface area contributed by atoms with Gasteiger partial charge >= 0.3 is 206 Å². The monoisotopic (exact) mass is 2100 g/mol. The minimum Gasteiger partial charge on any atom is -1.00 e. The van der Waals surface area contributed by atoms with E-state index in [1.165, 1.54) is 75.2 Å². The summed E-state index contributed by atoms with van der Waals surface area (Å²) in [6, 6.07) is 106. The molecule has 0 fully saturated rings. The van der Waals surface area contributed by atoms with Crippen molar-refractivity contribution in [1.29, 1.82) is 21.0 Å². The van der Waals surface area contributed by atoms with E-state index in [1.54, 1.807) is 118 Å². The first-order valence-electron chi connectivity index (χ1n) is 43.1. The summed E-state index contributed by atoms with van der Waals surface area (Å²) < 4.78 is 33.5. The standard InChI is InChI=1S/C22H23N3O2.C22H21N3O.C20H20OP.C16H14N2O2.C14H10N2O2.C8H8O2.C6H3ClN2.2CH2O3.4K.H2O2.2H/c1-16-13-17(11-12-24-14-18-5-3-2-4-6-18)7-9-20(16)27-21-10-8-19(15-25-21)22(23)26;1-17-13-18(11-12-24-15-19-5-3-2-4-6-19)7-9-21(17)26-22-10-8-20(14-23)16-25-22;1-21-17-22(18-11-5-2-6-12-18,19-13-7-3-8-14-19)20-15-9-4-10-16-20;1-12-9-13(7-8-19-2)3-5-15(12)20-16-6-4-14(10-17)11-18-16;1-10-6-11(9-17)2-4-13(10)18-14-5-3-12(7-15)8-16-14;1-6-4-7(5-9)2-3-8(6)10;7-6-2-1-5(3-8)4-9-6;2*2-1-4-3;;;;;1-2;;/h2-10,13,15,24H,11-12,14H2,1H3,(H2,23,26);2-10,13,16,24H,11-12,15H2,1H3;2-16H,17H2,1H3;3-9,11H,1-2H3;2-6,8-9H,1H3;2-5,10H,1H3;1-2,4H;2*1,3H;;;;;1-2H;;/q;;+1;;;;;;;4*+1;;2*-1/p-2. The molecule has 0 saturated carbocycles. The van der Waals surface area contributed by atoms with Crippen LogP contribution in [-0.2, 0) is 54.8 Å². The molecule has 15 aromatic rings. The van der Waals surface area contributed by atoms with Crippen molar-refractivity contribution in [2.24, 2.45) is 5.73 Å². The largest absolute Gasteiger partial charge is 1.00 e. The average molecular weight is 2110 g/mol. The number of primary amides is 1. The summed E-state index contributed by atoms with van der Waals surface area (Å²) in [5.74, 6) is 4.42. The Bertz CT molecular complexity index is 6470. The molecule has 0 aliphatic carbocycles. The van der Waals surface area contributed by atoms with E-state index in [9.17, 15) is 14.4 Å². The van der Waals surface area contributed by atoms with Crippen molar-refractivity contribution in [2.75, 3.05) is 33.7 Å². The molecule has 0 saturated heterocycles. The second-order valence-electron chi connectivity index (χ2n) is 29.6. The molecule has 5 heterocycles. The van der Waals surface area contributed by atoms with Gasteiger partial charge in [-0.1, -0.05) is 157 Å². The predicted octanol–water partition coefficient (Wildman–Crippen LogP) is 6.37. The molecule has 36 heteroatoms. The van der Waals surface area contributed by atoms with E-state index in [0.717, 1.165) is 102 Å². The number of nitrogens with zero attached hydrogens (tertiary/aromatic N) is 9. The number of pyridine rings is 5. The Labute approximate surface area is 1030 Å². The number of aromatic hydroxyl groups is 1. The minimum absolute atomic E-state index is 0. The summed E-state index contributed by atoms with van der Waals surface area (Å²) in [6.07, 6.45) is 15.0. The van der Waals surface area contributed by atoms with E-state index in [-0.39, 0.29) is 227 Å². The van der Waals surface area contributed by atoms with Crippen LogP contribution >= 0.6 is 18.9 Å². The number of rotatable bonds is 30. The number of ether oxygens (including phenoxy) is 6. The van der Waals surface area contributed by atoms with E-state index in [0.29, 0.717) is 79.7 Å². The molecule has 1 amide bonds. The summed E-state index contributed by atoms with van der Waals surface area (Å²) in [4.78, 5) is 74.4. The number of amides is 1. The first-order chi connectivity index (χ1) is 69.1. The number of hydrogen-bond donors (Lipinski definition) is 6. The number of aldehydes is 2. The van der Waals surface area contributed by atoms with Crippen LogP contribution in [-0.4, -0.2) is 106 Å². The number of aryl methyl sites for hydroxylation is 5. The van der Waals surface area contributed by atoms with Crippen LogP contribution in [0.4, 0.5) is 0 Å². The number of nitriles is 4. The minimum atomic E-state index is -1.78. The third-order valence-corrected chi connectivity index (χ3v) is 24.0. The van der Waals surface area contributed by atoms with Crippen molar-refractivity contribution < 1.29 is 297 Å². The van der Waals surface area contributed by atoms with Crippen molar-refractivity contribution in [3.05, 3.63) is 440 Å². The number of carbonyl (C=O) groups excluding carboxylic acids is 5. The van der Waals surface area contributed by atoms with Gasteiger partial charge in [-0.15, -0.1) is 0 Å². The van der Waals surface area contributed by atoms with Gasteiger partial charge in [-0.25, -0.2) is 24.9 Å². The topological polar surface area (TPSA) is 476 Å². The molecule has 728 valence electrons. The molecule has 0 unspecified atom stereocenters. The quantitative estimate of drug-likeness (QED) is 0.00416. The normalized spacial score (nSPS) is 9.56. The number of nitrogens with one attached hydrogen (secondary N) is 2. The predicted molar refractivity (Wildman–Crippen MR) is 541 cm³/mol. The Hall–Kier alpha value is -10.8. The van der Waals surface area contributed by atoms with Crippen molar-refractivity contribution in [3.8, 4) is 76.5 Å². The van der Waals surface area contributed by atoms with Gasteiger partial charge in [0.05, 0.1) is 41.2 Å². The third kappa shape index (κ3) is 48.9. The molecule has 0 radical (unpaired) electrons. The number of hydrogen-bond acceptors (Lipinski definition) is 29. The zero-order valence-corrected chi connectivity index (χ0v) is 96.7. The Morgan fingerprint density at radius 1 is 0.411 bits per heavy atom. The van der Waals surface area contributed by atoms with Crippen LogP contribution in [0.15, 0.2) is 341 Å². The summed E-state index contributed by atoms with van der Waals surface area (Å²) in [5, 5.41) is 83.8. The molecule has 10 aromatic carbocycles. The first kappa shape index (κ1) is 131. The van der Waals surface area contributed by atoms with E-state index >= 15 is 0 Å². The molecule has 0 aliphatic heterocycles. The van der Waals surface area contributed by atoms with Crippen molar-refractivity contribution in [2.45, 2.75) is 60.5 Å². The number of benzene rings is 10. The Balaban J connectivity index is 0.00000170. The Kier molecular flexibility index (Phi) is 69.7. The Morgan fingerprint density at radius 2 is 0.726 bits per heavy atom. The number of methoxy groups -OCH3 is 2. The first-order valence-corrected chi connectivity index (χ1v) is 45.5. The molecule has 0 spiro atoms. The second-order valence-corrected chi connectivity index (χ2v) is 33.5. The summed E-state index contributed by atoms with van der Waals surface area (Å²) in [5.41, 5.74) is 19.6. The zero-order valence-electron chi connectivity index (χ0n) is 84.6. The summed E-state index contributed by atoms with van der Waals surface area (Å²) in [6.45, 7) is 12.8. The van der Waals surface area contributed by atoms with Gasteiger partial charge < -0.3 is 73.0 Å². The number of halogens is 1. The third-order valence-electron chi connectivity index (χ3n) is 19.6. The van der Waals surface area contributed by atoms with Crippen LogP contribution in [0, 0.1) is 79.9 Å². The maximum Gasteiger partial charge on any atom is 1.00 e. The number of aromatic nitrogens is 5. The molecule has 146 heavy (non-hydrogen) atoms. The molecule has 15 rings (SSSR count). The maximum absolute atomic E-state index is 11.1. The zero-order chi connectivity index (χ0) is 103. The molecule has 0 atom stereocenters. The van der Waals surface area contributed by atoms with Crippen LogP contribution in [0.1, 0.15) is 112 Å². The van der Waals surface area contributed by atoms with Crippen molar-refractivity contribution >= 4 is 72.3 Å². The van der Waals surface area contributed by atoms with Gasteiger partial charge in [-0.2, -0.15) is 21.0 Å². The van der Waals surface area contributed by atoms with Crippen molar-refractivity contribution in [3.63, 3.8) is 0 Å². The second kappa shape index (κ2) is 77.6. The fourth-order valence-electron chi connectivity index (χ4n) is 12.6. The maximum atomic E-state index is 11.1. The van der Waals surface area contributed by atoms with E-state index in [4.69, 9.17) is 103 Å². The number of carbonyl (C=O) groups is 5. The number of phenolic OH excluding ortho intramolecular Hbond substituents is 1. The van der Waals surface area contributed by atoms with Gasteiger partial charge in [0, 0.05) is 86.6 Å². The van der Waals surface area contributed by atoms with Gasteiger partial charge in [0.25, 0.3) is 12.9 Å². The van der Waals surface area contributed by atoms with Gasteiger partial charge in [0.15, 0.2) is 6.35 Å². The van der Waals surface area contributed by atoms with Crippen LogP contribution in [0.25, 0.3) is 6.08 Å². The number of phenols is 1. The molecule has 7 N–H and O–H groups in total. The molecule has 5 aromatic heterocycles. The molecular weight excluding hydrogens is 2000 g/mol. The SMILES string of the molecule is COC=Cc1ccc(Oc2ccc(C#N)cn2)c(C)c1.COC[P+](c1ccccc1)(c1ccccc1)c1ccccc1.Cc1cc(C=O)ccc1O.Cc1cc(C=O)ccc1Oc1ccc(C#N)cn1.Cc1cc(CCNCc2ccccc2)ccc1Oc1ccc(C#N)cn1.Cc1cc(CCNCc2ccccc2)ccc1Oc1ccc(C(N)=O)cn1.N#Cc1ccc(Cl)nc1.O=CO[O-].O=CO[O-].OO.[H-].[H-].[K+].[K+].[K+].[K+]. The molecular formula is C110H105ClK4N12O18P+. The Morgan fingerprint density at radius 3 is 1.01 bits per heavy atom. The van der Waals surface area contributed by atoms with Crippen LogP contribution in [0.5, 0.6) is 52.3 Å². The van der Waals surface area contributed by atoms with Crippen LogP contribution in [0.2, 0.25) is 5.15 Å². The number of nitrogens with two attached hydrogens (primary N) is 1. The van der Waals surface area contributed by atoms with E-state index < -0.39 is 13.2 Å². The van der Waals surface area contributed by atoms with E-state index in [2.05, 4.69) is 209 Å². The summed E-state index contributed by atoms with van der Waals surface area (Å²) in [7, 11) is 1.63. The van der Waals surface area contributed by atoms with Gasteiger partial charge in [-0.3, -0.25) is 34.5 Å². The summed E-state index contributed by atoms with van der Waals surface area (Å²) >= 11 is 5.45. The molecule has 0 aliphatic rings. The smallest absolute Gasteiger partial charge is 1.00 e. The van der Waals surface area contributed by atoms with Crippen LogP contribution in [0.3, 0.4) is 0 Å². The molecule has 0 bridgehead atoms. The van der Waals surface area contributed by atoms with Gasteiger partial charge in [0.1, 0.15) is 93.9 Å². The van der Waals surface area contributed by atoms with Gasteiger partial charge in [-0.05, 0) is 256 Å². The fraction of sp³-hybridized carbons (Fsp3) is 0.127. The van der Waals surface area contributed by atoms with Crippen molar-refractivity contribution in [1.82, 2.24) is 35.6 Å². The van der Waals surface area contributed by atoms with E-state index in [1.807, 2.05) is 101 Å². The average Bonchev–Trinajstić information content (AvgIpc) is 0.756. The molecule has 30 nitrogen and oxygen atoms in total.